The molecule has 1 saturated carbocycles. The lowest BCUT2D eigenvalue weighted by molar-refractivity contribution is -0.137. The molecule has 204 valence electrons. The van der Waals surface area contributed by atoms with Gasteiger partial charge in [-0.25, -0.2) is 9.67 Å². The molecule has 2 radical (unpaired) electrons. The van der Waals surface area contributed by atoms with Crippen molar-refractivity contribution in [3.8, 4) is 0 Å². The Labute approximate surface area is 234 Å². The van der Waals surface area contributed by atoms with Crippen LogP contribution in [0.4, 0.5) is 5.69 Å². The number of rotatable bonds is 10. The number of halogens is 1. The van der Waals surface area contributed by atoms with Crippen LogP contribution in [0.15, 0.2) is 24.4 Å². The van der Waals surface area contributed by atoms with E-state index in [0.29, 0.717) is 49.5 Å². The van der Waals surface area contributed by atoms with E-state index in [-0.39, 0.29) is 30.9 Å². The van der Waals surface area contributed by atoms with Gasteiger partial charge < -0.3 is 20.7 Å². The van der Waals surface area contributed by atoms with Crippen molar-refractivity contribution in [1.82, 2.24) is 25.4 Å². The van der Waals surface area contributed by atoms with Crippen molar-refractivity contribution in [3.63, 3.8) is 0 Å². The molecule has 3 aromatic rings. The fourth-order valence-corrected chi connectivity index (χ4v) is 5.29. The third-order valence-electron chi connectivity index (χ3n) is 7.73. The van der Waals surface area contributed by atoms with Gasteiger partial charge in [0.05, 0.1) is 17.3 Å². The summed E-state index contributed by atoms with van der Waals surface area (Å²) in [7, 11) is 5.88. The summed E-state index contributed by atoms with van der Waals surface area (Å²) in [6, 6.07) is 5.49. The lowest BCUT2D eigenvalue weighted by Gasteiger charge is -2.27. The minimum absolute atomic E-state index is 0.260. The lowest BCUT2D eigenvalue weighted by Crippen LogP contribution is -2.43. The number of carbonyl (C=O) groups is 2. The first-order valence-electron chi connectivity index (χ1n) is 13.7. The second-order valence-electron chi connectivity index (χ2n) is 10.3. The van der Waals surface area contributed by atoms with E-state index < -0.39 is 5.41 Å². The predicted octanol–water partition coefficient (Wildman–Crippen LogP) is 2.76. The van der Waals surface area contributed by atoms with Gasteiger partial charge in [-0.15, -0.1) is 0 Å². The highest BCUT2D eigenvalue weighted by Gasteiger charge is 2.56. The third-order valence-corrected chi connectivity index (χ3v) is 8.08. The number of hydrogen-bond donors (Lipinski definition) is 3. The highest BCUT2D eigenvalue weighted by molar-refractivity contribution is 6.45. The van der Waals surface area contributed by atoms with Crippen molar-refractivity contribution in [2.45, 2.75) is 71.6 Å². The molecule has 2 aliphatic rings. The molecule has 2 amide bonds. The van der Waals surface area contributed by atoms with Gasteiger partial charge in [-0.1, -0.05) is 36.1 Å². The molecule has 3 N–H and O–H groups in total. The van der Waals surface area contributed by atoms with Gasteiger partial charge in [-0.05, 0) is 50.7 Å². The standard InChI is InChI=1S/C28H34BClN6O3/c1-3-23-19(24(34-18-7-11-39-12-8-18)20-16-33-36(4-2)25(20)35-23)15-32-27(38)28(9-10-28)26(37)31-14-17-5-6-22(30)21(29)13-17/h5-6,13,16,18H,3-4,7-12,14-15H2,1-2H3,(H,31,37)(H,32,38)(H,34,35). The number of aryl methyl sites for hydroxylation is 2. The van der Waals surface area contributed by atoms with Crippen LogP contribution in [0.1, 0.15) is 56.4 Å². The number of carbonyl (C=O) groups excluding carboxylic acids is 2. The number of pyridine rings is 1. The molecular formula is C28H34BClN6O3. The Morgan fingerprint density at radius 1 is 1.15 bits per heavy atom. The van der Waals surface area contributed by atoms with Crippen molar-refractivity contribution in [1.29, 1.82) is 0 Å². The van der Waals surface area contributed by atoms with Gasteiger partial charge >= 0.3 is 0 Å². The molecule has 1 aromatic carbocycles. The highest BCUT2D eigenvalue weighted by atomic mass is 35.5. The number of fused-ring (bicyclic) bond motifs is 1. The van der Waals surface area contributed by atoms with Crippen LogP contribution in [0.25, 0.3) is 11.0 Å². The van der Waals surface area contributed by atoms with Crippen molar-refractivity contribution in [2.75, 3.05) is 18.5 Å². The normalized spacial score (nSPS) is 16.7. The molecule has 0 unspecified atom stereocenters. The molecule has 1 aliphatic heterocycles. The number of aromatic nitrogens is 3. The molecule has 2 fully saturated rings. The summed E-state index contributed by atoms with van der Waals surface area (Å²) in [5.41, 5.74) is 3.86. The Kier molecular flexibility index (Phi) is 8.14. The van der Waals surface area contributed by atoms with Crippen LogP contribution in [0.3, 0.4) is 0 Å². The van der Waals surface area contributed by atoms with E-state index in [0.717, 1.165) is 46.4 Å². The van der Waals surface area contributed by atoms with Crippen LogP contribution < -0.4 is 21.4 Å². The lowest BCUT2D eigenvalue weighted by atomic mass is 9.94. The molecule has 11 heteroatoms. The predicted molar refractivity (Wildman–Crippen MR) is 152 cm³/mol. The molecule has 0 spiro atoms. The Hall–Kier alpha value is -3.11. The number of hydrogen-bond acceptors (Lipinski definition) is 6. The Morgan fingerprint density at radius 3 is 2.51 bits per heavy atom. The average molecular weight is 549 g/mol. The molecule has 0 atom stereocenters. The van der Waals surface area contributed by atoms with Crippen LogP contribution in [0.2, 0.25) is 5.02 Å². The van der Waals surface area contributed by atoms with E-state index >= 15 is 0 Å². The van der Waals surface area contributed by atoms with Crippen LogP contribution in [0.5, 0.6) is 0 Å². The smallest absolute Gasteiger partial charge is 0.235 e. The Morgan fingerprint density at radius 2 is 1.87 bits per heavy atom. The average Bonchev–Trinajstić information content (AvgIpc) is 3.67. The summed E-state index contributed by atoms with van der Waals surface area (Å²) >= 11 is 6.00. The number of benzene rings is 1. The molecule has 1 saturated heterocycles. The SMILES string of the molecule is [B]c1cc(CNC(=O)C2(C(=O)NCc3c(CC)nc4c(cnn4CC)c3NC3CCOCC3)CC2)ccc1Cl. The van der Waals surface area contributed by atoms with Crippen molar-refractivity contribution >= 4 is 53.4 Å². The molecule has 39 heavy (non-hydrogen) atoms. The number of nitrogens with zero attached hydrogens (tertiary/aromatic N) is 3. The third kappa shape index (κ3) is 5.63. The van der Waals surface area contributed by atoms with E-state index in [2.05, 4.69) is 28.0 Å². The summed E-state index contributed by atoms with van der Waals surface area (Å²) in [6.07, 6.45) is 5.39. The summed E-state index contributed by atoms with van der Waals surface area (Å²) < 4.78 is 7.44. The van der Waals surface area contributed by atoms with E-state index in [9.17, 15) is 9.59 Å². The van der Waals surface area contributed by atoms with Gasteiger partial charge in [0.1, 0.15) is 13.3 Å². The van der Waals surface area contributed by atoms with Crippen molar-refractivity contribution < 1.29 is 14.3 Å². The highest BCUT2D eigenvalue weighted by Crippen LogP contribution is 2.46. The number of amides is 2. The maximum Gasteiger partial charge on any atom is 0.235 e. The number of anilines is 1. The first kappa shape index (κ1) is 27.5. The van der Waals surface area contributed by atoms with E-state index in [1.165, 1.54) is 0 Å². The molecule has 2 aromatic heterocycles. The summed E-state index contributed by atoms with van der Waals surface area (Å²) in [5, 5.41) is 15.6. The van der Waals surface area contributed by atoms with Crippen LogP contribution in [-0.2, 0) is 40.4 Å². The largest absolute Gasteiger partial charge is 0.381 e. The summed E-state index contributed by atoms with van der Waals surface area (Å²) in [4.78, 5) is 31.4. The minimum atomic E-state index is -1.05. The van der Waals surface area contributed by atoms with Crippen molar-refractivity contribution in [3.05, 3.63) is 46.2 Å². The first-order valence-corrected chi connectivity index (χ1v) is 14.1. The van der Waals surface area contributed by atoms with Gasteiger partial charge in [0.15, 0.2) is 5.65 Å². The topological polar surface area (TPSA) is 110 Å². The maximum absolute atomic E-state index is 13.4. The molecule has 1 aliphatic carbocycles. The van der Waals surface area contributed by atoms with Crippen LogP contribution in [-0.4, -0.2) is 53.7 Å². The molecule has 0 bridgehead atoms. The van der Waals surface area contributed by atoms with Crippen LogP contribution >= 0.6 is 11.6 Å². The second kappa shape index (κ2) is 11.6. The second-order valence-corrected chi connectivity index (χ2v) is 10.7. The maximum atomic E-state index is 13.4. The fourth-order valence-electron chi connectivity index (χ4n) is 5.18. The van der Waals surface area contributed by atoms with Gasteiger partial charge in [0.2, 0.25) is 11.8 Å². The van der Waals surface area contributed by atoms with Gasteiger partial charge in [0.25, 0.3) is 0 Å². The monoisotopic (exact) mass is 548 g/mol. The van der Waals surface area contributed by atoms with Gasteiger partial charge in [0, 0.05) is 55.2 Å². The van der Waals surface area contributed by atoms with Crippen molar-refractivity contribution in [2.24, 2.45) is 5.41 Å². The quantitative estimate of drug-likeness (QED) is 0.265. The van der Waals surface area contributed by atoms with E-state index in [4.69, 9.17) is 29.2 Å². The Balaban J connectivity index is 1.34. The van der Waals surface area contributed by atoms with Gasteiger partial charge in [-0.3, -0.25) is 9.59 Å². The molecule has 5 rings (SSSR count). The summed E-state index contributed by atoms with van der Waals surface area (Å²) in [5.74, 6) is -0.540. The zero-order chi connectivity index (χ0) is 27.6. The Bertz CT molecular complexity index is 1380. The number of nitrogens with one attached hydrogen (secondary N) is 3. The fraction of sp³-hybridized carbons (Fsp3) is 0.500. The zero-order valence-electron chi connectivity index (χ0n) is 22.5. The van der Waals surface area contributed by atoms with Gasteiger partial charge in [-0.2, -0.15) is 5.10 Å². The molecule has 3 heterocycles. The first-order chi connectivity index (χ1) is 18.9. The minimum Gasteiger partial charge on any atom is -0.381 e. The number of ether oxygens (including phenoxy) is 1. The molecular weight excluding hydrogens is 515 g/mol. The van der Waals surface area contributed by atoms with E-state index in [1.54, 1.807) is 12.1 Å². The molecule has 9 nitrogen and oxygen atoms in total. The summed E-state index contributed by atoms with van der Waals surface area (Å²) in [6.45, 7) is 6.80. The van der Waals surface area contributed by atoms with Crippen LogP contribution in [0, 0.1) is 5.41 Å². The zero-order valence-corrected chi connectivity index (χ0v) is 23.2. The van der Waals surface area contributed by atoms with E-state index in [1.807, 2.05) is 23.9 Å².